The van der Waals surface area contributed by atoms with Crippen molar-refractivity contribution in [3.05, 3.63) is 0 Å². The van der Waals surface area contributed by atoms with Crippen LogP contribution >= 0.6 is 0 Å². The highest BCUT2D eigenvalue weighted by Crippen LogP contribution is 2.38. The van der Waals surface area contributed by atoms with Crippen LogP contribution in [-0.4, -0.2) is 34.0 Å². The lowest BCUT2D eigenvalue weighted by molar-refractivity contribution is -0.158. The Labute approximate surface area is 121 Å². The van der Waals surface area contributed by atoms with Crippen molar-refractivity contribution in [3.63, 3.8) is 0 Å². The Balaban J connectivity index is 2.16. The van der Waals surface area contributed by atoms with E-state index in [1.54, 1.807) is 4.90 Å². The summed E-state index contributed by atoms with van der Waals surface area (Å²) in [6.07, 6.45) is 7.55. The van der Waals surface area contributed by atoms with Gasteiger partial charge in [0.15, 0.2) is 0 Å². The number of aliphatic carboxylic acids is 1. The van der Waals surface area contributed by atoms with E-state index in [0.29, 0.717) is 24.7 Å². The van der Waals surface area contributed by atoms with Gasteiger partial charge in [-0.2, -0.15) is 0 Å². The number of likely N-dealkylation sites (tertiary alicyclic amines) is 1. The van der Waals surface area contributed by atoms with Crippen LogP contribution in [-0.2, 0) is 9.59 Å². The molecule has 0 bridgehead atoms. The van der Waals surface area contributed by atoms with Crippen LogP contribution < -0.4 is 0 Å². The Kier molecular flexibility index (Phi) is 5.06. The molecule has 0 spiro atoms. The third-order valence-electron chi connectivity index (χ3n) is 5.17. The first-order valence-electron chi connectivity index (χ1n) is 8.08. The first-order chi connectivity index (χ1) is 9.54. The molecule has 4 atom stereocenters. The van der Waals surface area contributed by atoms with Crippen LogP contribution in [0, 0.1) is 11.8 Å². The second-order valence-corrected chi connectivity index (χ2v) is 6.56. The summed E-state index contributed by atoms with van der Waals surface area (Å²) < 4.78 is 0. The molecule has 1 N–H and O–H groups in total. The maximum atomic E-state index is 12.6. The lowest BCUT2D eigenvalue weighted by Gasteiger charge is -2.47. The number of carboxylic acids is 1. The van der Waals surface area contributed by atoms with E-state index in [1.165, 1.54) is 6.42 Å². The predicted molar refractivity (Wildman–Crippen MR) is 77.3 cm³/mol. The second kappa shape index (κ2) is 6.59. The number of carbonyl (C=O) groups is 2. The van der Waals surface area contributed by atoms with Crippen molar-refractivity contribution in [1.29, 1.82) is 0 Å². The predicted octanol–water partition coefficient (Wildman–Crippen LogP) is 3.06. The molecule has 1 aliphatic carbocycles. The van der Waals surface area contributed by atoms with Crippen LogP contribution in [0.1, 0.15) is 65.2 Å². The second-order valence-electron chi connectivity index (χ2n) is 6.56. The molecule has 2 aliphatic rings. The first kappa shape index (κ1) is 15.3. The molecule has 2 fully saturated rings. The molecule has 1 aliphatic heterocycles. The van der Waals surface area contributed by atoms with E-state index in [-0.39, 0.29) is 11.9 Å². The van der Waals surface area contributed by atoms with Crippen LogP contribution in [0.4, 0.5) is 0 Å². The molecule has 0 aromatic rings. The molecule has 2 rings (SSSR count). The van der Waals surface area contributed by atoms with E-state index in [1.807, 2.05) is 0 Å². The number of piperidine rings is 1. The number of carboxylic acid groups (broad SMARTS) is 1. The molecule has 0 aromatic carbocycles. The van der Waals surface area contributed by atoms with Gasteiger partial charge in [0.2, 0.25) is 5.91 Å². The molecule has 1 saturated carbocycles. The number of hydrogen-bond acceptors (Lipinski definition) is 2. The zero-order chi connectivity index (χ0) is 14.7. The minimum Gasteiger partial charge on any atom is -0.480 e. The quantitative estimate of drug-likeness (QED) is 0.861. The summed E-state index contributed by atoms with van der Waals surface area (Å²) in [7, 11) is 0. The average Bonchev–Trinajstić information content (AvgIpc) is 2.45. The SMILES string of the molecule is CCC(C)CC(=O)N1C(C(=O)O)CCC2CCCCC21. The van der Waals surface area contributed by atoms with E-state index in [2.05, 4.69) is 13.8 Å². The van der Waals surface area contributed by atoms with Gasteiger partial charge in [-0.15, -0.1) is 0 Å². The van der Waals surface area contributed by atoms with Gasteiger partial charge in [0.05, 0.1) is 0 Å². The zero-order valence-electron chi connectivity index (χ0n) is 12.7. The minimum atomic E-state index is -0.827. The molecule has 4 unspecified atom stereocenters. The number of fused-ring (bicyclic) bond motifs is 1. The Morgan fingerprint density at radius 1 is 1.20 bits per heavy atom. The third kappa shape index (κ3) is 3.15. The molecular formula is C16H27NO3. The topological polar surface area (TPSA) is 57.6 Å². The summed E-state index contributed by atoms with van der Waals surface area (Å²) in [5.74, 6) is 0.0935. The van der Waals surface area contributed by atoms with Crippen molar-refractivity contribution in [3.8, 4) is 0 Å². The summed E-state index contributed by atoms with van der Waals surface area (Å²) in [6, 6.07) is -0.416. The van der Waals surface area contributed by atoms with Gasteiger partial charge in [0.25, 0.3) is 0 Å². The number of amides is 1. The molecular weight excluding hydrogens is 254 g/mol. The zero-order valence-corrected chi connectivity index (χ0v) is 12.7. The number of carbonyl (C=O) groups excluding carboxylic acids is 1. The molecule has 1 amide bonds. The van der Waals surface area contributed by atoms with Crippen molar-refractivity contribution in [2.75, 3.05) is 0 Å². The maximum Gasteiger partial charge on any atom is 0.326 e. The third-order valence-corrected chi connectivity index (χ3v) is 5.17. The molecule has 4 nitrogen and oxygen atoms in total. The summed E-state index contributed by atoms with van der Waals surface area (Å²) in [5.41, 5.74) is 0. The maximum absolute atomic E-state index is 12.6. The van der Waals surface area contributed by atoms with E-state index in [4.69, 9.17) is 0 Å². The molecule has 0 radical (unpaired) electrons. The van der Waals surface area contributed by atoms with Gasteiger partial charge in [-0.05, 0) is 37.5 Å². The van der Waals surface area contributed by atoms with Crippen LogP contribution in [0.15, 0.2) is 0 Å². The fourth-order valence-corrected chi connectivity index (χ4v) is 3.78. The largest absolute Gasteiger partial charge is 0.480 e. The van der Waals surface area contributed by atoms with Crippen LogP contribution in [0.2, 0.25) is 0 Å². The summed E-state index contributed by atoms with van der Waals surface area (Å²) in [6.45, 7) is 4.14. The highest BCUT2D eigenvalue weighted by molar-refractivity contribution is 5.84. The number of hydrogen-bond donors (Lipinski definition) is 1. The Bertz CT molecular complexity index is 369. The van der Waals surface area contributed by atoms with Gasteiger partial charge in [-0.25, -0.2) is 4.79 Å². The minimum absolute atomic E-state index is 0.0587. The Morgan fingerprint density at radius 3 is 2.55 bits per heavy atom. The number of nitrogens with zero attached hydrogens (tertiary/aromatic N) is 1. The van der Waals surface area contributed by atoms with Gasteiger partial charge in [-0.1, -0.05) is 33.1 Å². The highest BCUT2D eigenvalue weighted by atomic mass is 16.4. The van der Waals surface area contributed by atoms with Gasteiger partial charge in [0, 0.05) is 12.5 Å². The van der Waals surface area contributed by atoms with E-state index in [9.17, 15) is 14.7 Å². The van der Waals surface area contributed by atoms with Crippen LogP contribution in [0.3, 0.4) is 0 Å². The van der Waals surface area contributed by atoms with Crippen molar-refractivity contribution in [2.24, 2.45) is 11.8 Å². The van der Waals surface area contributed by atoms with Gasteiger partial charge in [0.1, 0.15) is 6.04 Å². The summed E-state index contributed by atoms with van der Waals surface area (Å²) in [5, 5.41) is 9.45. The fourth-order valence-electron chi connectivity index (χ4n) is 3.78. The summed E-state index contributed by atoms with van der Waals surface area (Å²) >= 11 is 0. The van der Waals surface area contributed by atoms with Crippen LogP contribution in [0.25, 0.3) is 0 Å². The molecule has 114 valence electrons. The number of rotatable bonds is 4. The smallest absolute Gasteiger partial charge is 0.326 e. The first-order valence-corrected chi connectivity index (χ1v) is 8.08. The van der Waals surface area contributed by atoms with Gasteiger partial charge >= 0.3 is 5.97 Å². The Hall–Kier alpha value is -1.06. The fraction of sp³-hybridized carbons (Fsp3) is 0.875. The van der Waals surface area contributed by atoms with Crippen molar-refractivity contribution < 1.29 is 14.7 Å². The molecule has 20 heavy (non-hydrogen) atoms. The molecule has 1 heterocycles. The highest BCUT2D eigenvalue weighted by Gasteiger charge is 2.43. The molecule has 0 aromatic heterocycles. The van der Waals surface area contributed by atoms with E-state index >= 15 is 0 Å². The molecule has 1 saturated heterocycles. The standard InChI is InChI=1S/C16H27NO3/c1-3-11(2)10-15(18)17-13-7-5-4-6-12(13)8-9-14(17)16(19)20/h11-14H,3-10H2,1-2H3,(H,19,20). The summed E-state index contributed by atoms with van der Waals surface area (Å²) in [4.78, 5) is 25.9. The lowest BCUT2D eigenvalue weighted by Crippen LogP contribution is -2.57. The monoisotopic (exact) mass is 281 g/mol. The van der Waals surface area contributed by atoms with E-state index < -0.39 is 12.0 Å². The molecule has 4 heteroatoms. The van der Waals surface area contributed by atoms with Gasteiger partial charge in [-0.3, -0.25) is 4.79 Å². The van der Waals surface area contributed by atoms with Crippen molar-refractivity contribution in [1.82, 2.24) is 4.90 Å². The van der Waals surface area contributed by atoms with E-state index in [0.717, 1.165) is 32.1 Å². The van der Waals surface area contributed by atoms with Crippen LogP contribution in [0.5, 0.6) is 0 Å². The van der Waals surface area contributed by atoms with Crippen molar-refractivity contribution >= 4 is 11.9 Å². The Morgan fingerprint density at radius 2 is 1.90 bits per heavy atom. The normalized spacial score (nSPS) is 31.5. The van der Waals surface area contributed by atoms with Crippen molar-refractivity contribution in [2.45, 2.75) is 77.3 Å². The van der Waals surface area contributed by atoms with Gasteiger partial charge < -0.3 is 10.0 Å². The average molecular weight is 281 g/mol. The lowest BCUT2D eigenvalue weighted by atomic mass is 9.76.